The van der Waals surface area contributed by atoms with Gasteiger partial charge >= 0.3 is 51.4 Å². The molecule has 2 aromatic carbocycles. The van der Waals surface area contributed by atoms with E-state index in [4.69, 9.17) is 0 Å². The van der Waals surface area contributed by atoms with Crippen LogP contribution in [0.1, 0.15) is 31.7 Å². The predicted octanol–water partition coefficient (Wildman–Crippen LogP) is 0.481. The van der Waals surface area contributed by atoms with Crippen LogP contribution >= 0.6 is 0 Å². The van der Waals surface area contributed by atoms with Crippen molar-refractivity contribution in [3.8, 4) is 0 Å². The van der Waals surface area contributed by atoms with Crippen molar-refractivity contribution in [2.75, 3.05) is 0 Å². The number of benzene rings is 2. The van der Waals surface area contributed by atoms with Crippen LogP contribution in [0.2, 0.25) is 0 Å². The van der Waals surface area contributed by atoms with Crippen LogP contribution in [0.5, 0.6) is 0 Å². The molecule has 0 aliphatic rings. The summed E-state index contributed by atoms with van der Waals surface area (Å²) in [4.78, 5) is -0.0673. The van der Waals surface area contributed by atoms with Gasteiger partial charge in [0, 0.05) is 0 Å². The molecule has 5 heteroatoms. The van der Waals surface area contributed by atoms with Gasteiger partial charge in [-0.25, -0.2) is 8.42 Å². The molecule has 2 rings (SSSR count). The second kappa shape index (κ2) is 8.03. The summed E-state index contributed by atoms with van der Waals surface area (Å²) in [5.41, 5.74) is 0.641. The second-order valence-corrected chi connectivity index (χ2v) is 6.07. The Morgan fingerprint density at radius 1 is 1.05 bits per heavy atom. The molecule has 0 spiro atoms. The largest absolute Gasteiger partial charge is 1.00 e. The number of unbranched alkanes of at least 4 members (excludes halogenated alkanes) is 2. The molecule has 0 aliphatic heterocycles. The van der Waals surface area contributed by atoms with Gasteiger partial charge in [-0.2, -0.15) is 0 Å². The maximum absolute atomic E-state index is 11.4. The Hall–Kier alpha value is 0.246. The van der Waals surface area contributed by atoms with Gasteiger partial charge in [-0.1, -0.05) is 44.0 Å². The average molecular weight is 316 g/mol. The molecule has 3 nitrogen and oxygen atoms in total. The minimum Gasteiger partial charge on any atom is -0.744 e. The number of hydrogen-bond acceptors (Lipinski definition) is 3. The van der Waals surface area contributed by atoms with Gasteiger partial charge in [-0.05, 0) is 41.3 Å². The molecule has 102 valence electrons. The molecule has 0 amide bonds. The molecule has 0 aliphatic carbocycles. The van der Waals surface area contributed by atoms with Crippen molar-refractivity contribution in [2.24, 2.45) is 0 Å². The summed E-state index contributed by atoms with van der Waals surface area (Å²) in [5.74, 6) is 0. The van der Waals surface area contributed by atoms with E-state index < -0.39 is 10.1 Å². The third-order valence-electron chi connectivity index (χ3n) is 3.25. The molecule has 0 N–H and O–H groups in total. The third kappa shape index (κ3) is 4.63. The summed E-state index contributed by atoms with van der Waals surface area (Å²) >= 11 is 0. The van der Waals surface area contributed by atoms with Gasteiger partial charge in [0.2, 0.25) is 0 Å². The van der Waals surface area contributed by atoms with Crippen LogP contribution in [-0.2, 0) is 16.5 Å². The van der Waals surface area contributed by atoms with E-state index in [1.807, 2.05) is 30.3 Å². The van der Waals surface area contributed by atoms with E-state index in [0.29, 0.717) is 12.0 Å². The SMILES string of the molecule is CCCCCc1cc2ccccc2cc1S(=O)(=O)[O-].[K+]. The van der Waals surface area contributed by atoms with Gasteiger partial charge in [-0.3, -0.25) is 0 Å². The van der Waals surface area contributed by atoms with E-state index in [-0.39, 0.29) is 56.3 Å². The third-order valence-corrected chi connectivity index (χ3v) is 4.17. The Bertz CT molecular complexity index is 681. The zero-order valence-corrected chi connectivity index (χ0v) is 15.9. The molecular formula is C15H17KO3S. The molecule has 0 atom stereocenters. The fourth-order valence-corrected chi connectivity index (χ4v) is 3.01. The molecule has 0 radical (unpaired) electrons. The molecular weight excluding hydrogens is 299 g/mol. The number of hydrogen-bond donors (Lipinski definition) is 0. The predicted molar refractivity (Wildman–Crippen MR) is 75.1 cm³/mol. The van der Waals surface area contributed by atoms with Crippen LogP contribution in [0.15, 0.2) is 41.3 Å². The fourth-order valence-electron chi connectivity index (χ4n) is 2.26. The Kier molecular flexibility index (Phi) is 7.35. The molecule has 0 heterocycles. The van der Waals surface area contributed by atoms with E-state index in [1.165, 1.54) is 6.07 Å². The smallest absolute Gasteiger partial charge is 0.744 e. The maximum atomic E-state index is 11.4. The molecule has 0 fully saturated rings. The average Bonchev–Trinajstić information content (AvgIpc) is 2.37. The topological polar surface area (TPSA) is 57.2 Å². The molecule has 0 saturated heterocycles. The van der Waals surface area contributed by atoms with E-state index in [9.17, 15) is 13.0 Å². The second-order valence-electron chi connectivity index (χ2n) is 4.72. The Morgan fingerprint density at radius 2 is 1.65 bits per heavy atom. The summed E-state index contributed by atoms with van der Waals surface area (Å²) in [7, 11) is -4.41. The van der Waals surface area contributed by atoms with Gasteiger partial charge in [-0.15, -0.1) is 0 Å². The van der Waals surface area contributed by atoms with Gasteiger partial charge in [0.15, 0.2) is 0 Å². The molecule has 20 heavy (non-hydrogen) atoms. The molecule has 0 unspecified atom stereocenters. The summed E-state index contributed by atoms with van der Waals surface area (Å²) in [6.07, 6.45) is 3.63. The molecule has 2 aromatic rings. The van der Waals surface area contributed by atoms with Crippen molar-refractivity contribution >= 4 is 20.9 Å². The van der Waals surface area contributed by atoms with E-state index >= 15 is 0 Å². The van der Waals surface area contributed by atoms with E-state index in [0.717, 1.165) is 30.0 Å². The number of fused-ring (bicyclic) bond motifs is 1. The van der Waals surface area contributed by atoms with Crippen molar-refractivity contribution < 1.29 is 64.4 Å². The zero-order valence-electron chi connectivity index (χ0n) is 11.9. The summed E-state index contributed by atoms with van der Waals surface area (Å²) < 4.78 is 34.1. The molecule has 0 bridgehead atoms. The minimum absolute atomic E-state index is 0. The van der Waals surface area contributed by atoms with Crippen LogP contribution in [0.3, 0.4) is 0 Å². The minimum atomic E-state index is -4.41. The van der Waals surface area contributed by atoms with Gasteiger partial charge in [0.1, 0.15) is 10.1 Å². The quantitative estimate of drug-likeness (QED) is 0.458. The monoisotopic (exact) mass is 316 g/mol. The van der Waals surface area contributed by atoms with Crippen LogP contribution in [-0.4, -0.2) is 13.0 Å². The van der Waals surface area contributed by atoms with Gasteiger partial charge < -0.3 is 4.55 Å². The maximum Gasteiger partial charge on any atom is 1.00 e. The Labute approximate surface area is 162 Å². The summed E-state index contributed by atoms with van der Waals surface area (Å²) in [6, 6.07) is 10.8. The Balaban J connectivity index is 0.00000200. The molecule has 0 aromatic heterocycles. The first-order valence-electron chi connectivity index (χ1n) is 6.50. The normalized spacial score (nSPS) is 11.3. The van der Waals surface area contributed by atoms with Crippen LogP contribution < -0.4 is 51.4 Å². The van der Waals surface area contributed by atoms with Crippen molar-refractivity contribution in [3.05, 3.63) is 42.0 Å². The Morgan fingerprint density at radius 3 is 2.20 bits per heavy atom. The molecule has 0 saturated carbocycles. The van der Waals surface area contributed by atoms with Crippen LogP contribution in [0.4, 0.5) is 0 Å². The summed E-state index contributed by atoms with van der Waals surface area (Å²) in [6.45, 7) is 2.09. The van der Waals surface area contributed by atoms with Crippen molar-refractivity contribution in [1.82, 2.24) is 0 Å². The first-order chi connectivity index (χ1) is 9.02. The number of rotatable bonds is 5. The van der Waals surface area contributed by atoms with Crippen molar-refractivity contribution in [2.45, 2.75) is 37.5 Å². The van der Waals surface area contributed by atoms with E-state index in [1.54, 1.807) is 0 Å². The van der Waals surface area contributed by atoms with E-state index in [2.05, 4.69) is 6.92 Å². The van der Waals surface area contributed by atoms with Gasteiger partial charge in [0.05, 0.1) is 4.90 Å². The van der Waals surface area contributed by atoms with Crippen molar-refractivity contribution in [1.29, 1.82) is 0 Å². The van der Waals surface area contributed by atoms with Crippen LogP contribution in [0, 0.1) is 0 Å². The first kappa shape index (κ1) is 18.3. The number of aryl methyl sites for hydroxylation is 1. The first-order valence-corrected chi connectivity index (χ1v) is 7.91. The van der Waals surface area contributed by atoms with Crippen LogP contribution in [0.25, 0.3) is 10.8 Å². The standard InChI is InChI=1S/C15H18O3S.K/c1-2-3-4-9-14-10-12-7-5-6-8-13(12)11-15(14)19(16,17)18;/h5-8,10-11H,2-4,9H2,1H3,(H,16,17,18);/q;+1/p-1. The zero-order chi connectivity index (χ0) is 13.9. The van der Waals surface area contributed by atoms with Crippen molar-refractivity contribution in [3.63, 3.8) is 0 Å². The fraction of sp³-hybridized carbons (Fsp3) is 0.333. The van der Waals surface area contributed by atoms with Gasteiger partial charge in [0.25, 0.3) is 0 Å². The summed E-state index contributed by atoms with van der Waals surface area (Å²) in [5, 5.41) is 1.76.